The number of benzene rings is 1. The van der Waals surface area contributed by atoms with E-state index in [-0.39, 0.29) is 5.91 Å². The number of hydrogen-bond donors (Lipinski definition) is 1. The summed E-state index contributed by atoms with van der Waals surface area (Å²) in [6.45, 7) is 6.03. The van der Waals surface area contributed by atoms with E-state index >= 15 is 0 Å². The highest BCUT2D eigenvalue weighted by atomic mass is 32.1. The predicted molar refractivity (Wildman–Crippen MR) is 105 cm³/mol. The maximum absolute atomic E-state index is 12.6. The molecule has 0 radical (unpaired) electrons. The third-order valence-electron chi connectivity index (χ3n) is 3.99. The van der Waals surface area contributed by atoms with Crippen LogP contribution < -0.4 is 5.32 Å². The molecular weight excluding hydrogens is 366 g/mol. The Balaban J connectivity index is 1.61. The van der Waals surface area contributed by atoms with Crippen LogP contribution in [0.4, 0.5) is 5.13 Å². The number of nitrogens with zero attached hydrogens (tertiary/aromatic N) is 4. The number of imidazole rings is 1. The lowest BCUT2D eigenvalue weighted by atomic mass is 10.2. The summed E-state index contributed by atoms with van der Waals surface area (Å²) in [7, 11) is 0. The topological polar surface area (TPSA) is 72.2 Å². The van der Waals surface area contributed by atoms with Crippen LogP contribution in [0.1, 0.15) is 40.1 Å². The van der Waals surface area contributed by atoms with Crippen LogP contribution in [-0.2, 0) is 0 Å². The Hall–Kier alpha value is -2.58. The fourth-order valence-corrected chi connectivity index (χ4v) is 4.33. The highest BCUT2D eigenvalue weighted by molar-refractivity contribution is 7.19. The number of amides is 1. The molecule has 0 fully saturated rings. The van der Waals surface area contributed by atoms with Gasteiger partial charge in [0.15, 0.2) is 4.96 Å². The van der Waals surface area contributed by atoms with E-state index in [1.165, 1.54) is 22.7 Å². The molecule has 6 nitrogen and oxygen atoms in total. The quantitative estimate of drug-likeness (QED) is 0.559. The van der Waals surface area contributed by atoms with Crippen LogP contribution >= 0.6 is 22.7 Å². The van der Waals surface area contributed by atoms with Crippen molar-refractivity contribution in [2.24, 2.45) is 0 Å². The third-order valence-corrected chi connectivity index (χ3v) is 6.28. The van der Waals surface area contributed by atoms with Crippen LogP contribution in [0.2, 0.25) is 0 Å². The van der Waals surface area contributed by atoms with Gasteiger partial charge < -0.3 is 0 Å². The van der Waals surface area contributed by atoms with Crippen LogP contribution in [0.15, 0.2) is 36.5 Å². The molecule has 0 saturated carbocycles. The van der Waals surface area contributed by atoms with E-state index in [9.17, 15) is 4.79 Å². The van der Waals surface area contributed by atoms with Crippen molar-refractivity contribution in [3.05, 3.63) is 52.1 Å². The van der Waals surface area contributed by atoms with Crippen molar-refractivity contribution in [3.63, 3.8) is 0 Å². The number of thiazole rings is 1. The lowest BCUT2D eigenvalue weighted by Gasteiger charge is -2.00. The molecule has 0 bridgehead atoms. The van der Waals surface area contributed by atoms with E-state index in [1.54, 1.807) is 0 Å². The molecule has 8 heteroatoms. The first-order valence-corrected chi connectivity index (χ1v) is 9.85. The van der Waals surface area contributed by atoms with Gasteiger partial charge in [0.1, 0.15) is 9.88 Å². The molecule has 0 atom stereocenters. The minimum atomic E-state index is -0.175. The lowest BCUT2D eigenvalue weighted by Crippen LogP contribution is -2.11. The monoisotopic (exact) mass is 383 g/mol. The second kappa shape index (κ2) is 6.62. The second-order valence-corrected chi connectivity index (χ2v) is 8.20. The first-order chi connectivity index (χ1) is 12.5. The van der Waals surface area contributed by atoms with Crippen LogP contribution in [0.5, 0.6) is 0 Å². The van der Waals surface area contributed by atoms with Crippen molar-refractivity contribution in [2.75, 3.05) is 5.32 Å². The van der Waals surface area contributed by atoms with Crippen molar-refractivity contribution in [2.45, 2.75) is 26.7 Å². The largest absolute Gasteiger partial charge is 0.296 e. The summed E-state index contributed by atoms with van der Waals surface area (Å²) in [5, 5.41) is 12.4. The van der Waals surface area contributed by atoms with E-state index in [0.717, 1.165) is 26.9 Å². The van der Waals surface area contributed by atoms with E-state index < -0.39 is 0 Å². The van der Waals surface area contributed by atoms with Gasteiger partial charge in [-0.05, 0) is 6.92 Å². The fourth-order valence-electron chi connectivity index (χ4n) is 2.58. The molecule has 1 N–H and O–H groups in total. The van der Waals surface area contributed by atoms with Crippen molar-refractivity contribution in [1.82, 2.24) is 19.6 Å². The van der Waals surface area contributed by atoms with E-state index in [4.69, 9.17) is 0 Å². The number of aryl methyl sites for hydroxylation is 1. The highest BCUT2D eigenvalue weighted by Gasteiger charge is 2.19. The number of fused-ring (bicyclic) bond motifs is 1. The molecule has 0 aliphatic heterocycles. The SMILES string of the molecule is Cc1c(C(=O)Nc2nnc(C(C)C)s2)sc2nc(-c3ccccc3)cn12. The van der Waals surface area contributed by atoms with Gasteiger partial charge in [-0.2, -0.15) is 0 Å². The summed E-state index contributed by atoms with van der Waals surface area (Å²) in [4.78, 5) is 18.7. The number of anilines is 1. The zero-order chi connectivity index (χ0) is 18.3. The van der Waals surface area contributed by atoms with Gasteiger partial charge in [0.2, 0.25) is 5.13 Å². The molecule has 0 unspecified atom stereocenters. The Bertz CT molecular complexity index is 1080. The lowest BCUT2D eigenvalue weighted by molar-refractivity contribution is 0.102. The normalized spacial score (nSPS) is 11.4. The van der Waals surface area contributed by atoms with Gasteiger partial charge in [-0.3, -0.25) is 14.5 Å². The molecule has 4 rings (SSSR count). The molecule has 3 aromatic heterocycles. The minimum Gasteiger partial charge on any atom is -0.296 e. The van der Waals surface area contributed by atoms with Gasteiger partial charge in [-0.15, -0.1) is 10.2 Å². The molecule has 26 heavy (non-hydrogen) atoms. The van der Waals surface area contributed by atoms with Crippen molar-refractivity contribution in [1.29, 1.82) is 0 Å². The van der Waals surface area contributed by atoms with Gasteiger partial charge in [-0.1, -0.05) is 66.9 Å². The summed E-state index contributed by atoms with van der Waals surface area (Å²) in [6, 6.07) is 10.0. The van der Waals surface area contributed by atoms with Crippen molar-refractivity contribution >= 4 is 38.7 Å². The molecule has 0 aliphatic rings. The zero-order valence-corrected chi connectivity index (χ0v) is 16.2. The van der Waals surface area contributed by atoms with E-state index in [2.05, 4.69) is 34.3 Å². The molecule has 1 amide bonds. The first-order valence-electron chi connectivity index (χ1n) is 8.21. The van der Waals surface area contributed by atoms with Crippen LogP contribution in [0.25, 0.3) is 16.2 Å². The summed E-state index contributed by atoms with van der Waals surface area (Å²) >= 11 is 2.78. The Labute approximate surface area is 158 Å². The third kappa shape index (κ3) is 3.02. The minimum absolute atomic E-state index is 0.175. The standard InChI is InChI=1S/C18H17N5OS2/c1-10(2)16-21-22-17(26-16)20-15(24)14-11(3)23-9-13(19-18(23)25-14)12-7-5-4-6-8-12/h4-10H,1-3H3,(H,20,22,24). The Morgan fingerprint density at radius 1 is 1.15 bits per heavy atom. The maximum Gasteiger partial charge on any atom is 0.269 e. The zero-order valence-electron chi connectivity index (χ0n) is 14.6. The summed E-state index contributed by atoms with van der Waals surface area (Å²) in [5.41, 5.74) is 2.83. The van der Waals surface area contributed by atoms with Crippen LogP contribution in [-0.4, -0.2) is 25.5 Å². The Kier molecular flexibility index (Phi) is 4.29. The Morgan fingerprint density at radius 2 is 1.92 bits per heavy atom. The molecule has 3 heterocycles. The van der Waals surface area contributed by atoms with Gasteiger partial charge in [0, 0.05) is 23.4 Å². The van der Waals surface area contributed by atoms with Crippen molar-refractivity contribution in [3.8, 4) is 11.3 Å². The molecular formula is C18H17N5OS2. The van der Waals surface area contributed by atoms with E-state index in [0.29, 0.717) is 15.9 Å². The van der Waals surface area contributed by atoms with Gasteiger partial charge >= 0.3 is 0 Å². The van der Waals surface area contributed by atoms with Gasteiger partial charge in [0.05, 0.1) is 5.69 Å². The van der Waals surface area contributed by atoms with Gasteiger partial charge in [0.25, 0.3) is 5.91 Å². The number of aromatic nitrogens is 4. The summed E-state index contributed by atoms with van der Waals surface area (Å²) in [6.07, 6.45) is 1.97. The number of hydrogen-bond acceptors (Lipinski definition) is 6. The summed E-state index contributed by atoms with van der Waals surface area (Å²) in [5.74, 6) is 0.118. The number of rotatable bonds is 4. The number of carbonyl (C=O) groups is 1. The van der Waals surface area contributed by atoms with E-state index in [1.807, 2.05) is 47.9 Å². The second-order valence-electron chi connectivity index (χ2n) is 6.22. The molecule has 132 valence electrons. The molecule has 1 aromatic carbocycles. The molecule has 4 aromatic rings. The predicted octanol–water partition coefficient (Wildman–Crippen LogP) is 4.60. The Morgan fingerprint density at radius 3 is 2.58 bits per heavy atom. The molecule has 0 spiro atoms. The summed E-state index contributed by atoms with van der Waals surface area (Å²) < 4.78 is 1.96. The maximum atomic E-state index is 12.6. The highest BCUT2D eigenvalue weighted by Crippen LogP contribution is 2.28. The molecule has 0 aliphatic carbocycles. The number of nitrogens with one attached hydrogen (secondary N) is 1. The number of carbonyl (C=O) groups excluding carboxylic acids is 1. The van der Waals surface area contributed by atoms with Crippen molar-refractivity contribution < 1.29 is 4.79 Å². The van der Waals surface area contributed by atoms with Gasteiger partial charge in [-0.25, -0.2) is 4.98 Å². The first kappa shape index (κ1) is 16.9. The average Bonchev–Trinajstić information content (AvgIpc) is 3.32. The smallest absolute Gasteiger partial charge is 0.269 e. The van der Waals surface area contributed by atoms with Crippen LogP contribution in [0, 0.1) is 6.92 Å². The average molecular weight is 384 g/mol. The van der Waals surface area contributed by atoms with Crippen LogP contribution in [0.3, 0.4) is 0 Å². The molecule has 0 saturated heterocycles. The fraction of sp³-hybridized carbons (Fsp3) is 0.222.